The van der Waals surface area contributed by atoms with Crippen molar-refractivity contribution < 1.29 is 19.4 Å². The maximum absolute atomic E-state index is 12.1. The molecule has 0 bridgehead atoms. The zero-order valence-corrected chi connectivity index (χ0v) is 11.1. The summed E-state index contributed by atoms with van der Waals surface area (Å²) in [5.41, 5.74) is 5.30. The standard InChI is InChI=1S/C12H22N2O4/c1-12(2,3)18-11(16)14-4-5-17-10-8(14)6-7(13)9(10)15/h7-10,15H,4-6,13H2,1-3H3/t7-,8+,9+,10+/m1/s1. The van der Waals surface area contributed by atoms with Gasteiger partial charge in [0.25, 0.3) is 0 Å². The van der Waals surface area contributed by atoms with E-state index in [2.05, 4.69) is 0 Å². The fourth-order valence-electron chi connectivity index (χ4n) is 2.54. The van der Waals surface area contributed by atoms with Crippen LogP contribution in [0.5, 0.6) is 0 Å². The zero-order valence-electron chi connectivity index (χ0n) is 11.1. The summed E-state index contributed by atoms with van der Waals surface area (Å²) < 4.78 is 10.9. The molecule has 1 saturated heterocycles. The van der Waals surface area contributed by atoms with Gasteiger partial charge < -0.3 is 25.2 Å². The summed E-state index contributed by atoms with van der Waals surface area (Å²) in [6.07, 6.45) is -0.908. The molecular weight excluding hydrogens is 236 g/mol. The monoisotopic (exact) mass is 258 g/mol. The van der Waals surface area contributed by atoms with Crippen molar-refractivity contribution in [2.75, 3.05) is 13.2 Å². The van der Waals surface area contributed by atoms with E-state index in [1.807, 2.05) is 20.8 Å². The minimum absolute atomic E-state index is 0.182. The minimum atomic E-state index is -0.708. The number of carbonyl (C=O) groups excluding carboxylic acids is 1. The molecule has 0 unspecified atom stereocenters. The Balaban J connectivity index is 2.07. The second-order valence-electron chi connectivity index (χ2n) is 5.97. The Labute approximate surface area is 107 Å². The van der Waals surface area contributed by atoms with Gasteiger partial charge in [0.2, 0.25) is 0 Å². The van der Waals surface area contributed by atoms with Crippen LogP contribution in [0.2, 0.25) is 0 Å². The van der Waals surface area contributed by atoms with E-state index < -0.39 is 11.7 Å². The smallest absolute Gasteiger partial charge is 0.410 e. The van der Waals surface area contributed by atoms with E-state index in [4.69, 9.17) is 15.2 Å². The number of hydrogen-bond acceptors (Lipinski definition) is 5. The third kappa shape index (κ3) is 2.60. The highest BCUT2D eigenvalue weighted by atomic mass is 16.6. The number of fused-ring (bicyclic) bond motifs is 1. The Bertz CT molecular complexity index is 329. The number of rotatable bonds is 0. The van der Waals surface area contributed by atoms with E-state index in [1.165, 1.54) is 0 Å². The van der Waals surface area contributed by atoms with Crippen molar-refractivity contribution in [1.29, 1.82) is 0 Å². The molecule has 6 heteroatoms. The topological polar surface area (TPSA) is 85.0 Å². The summed E-state index contributed by atoms with van der Waals surface area (Å²) in [4.78, 5) is 13.7. The zero-order chi connectivity index (χ0) is 13.5. The van der Waals surface area contributed by atoms with Gasteiger partial charge in [0.05, 0.1) is 18.8 Å². The summed E-state index contributed by atoms with van der Waals surface area (Å²) in [6.45, 7) is 6.38. The van der Waals surface area contributed by atoms with Crippen molar-refractivity contribution in [2.45, 2.75) is 57.1 Å². The lowest BCUT2D eigenvalue weighted by Crippen LogP contribution is -2.54. The van der Waals surface area contributed by atoms with Crippen LogP contribution in [0.25, 0.3) is 0 Å². The number of ether oxygens (including phenoxy) is 2. The molecule has 2 aliphatic rings. The first kappa shape index (κ1) is 13.6. The summed E-state index contributed by atoms with van der Waals surface area (Å²) in [5.74, 6) is 0. The van der Waals surface area contributed by atoms with Gasteiger partial charge in [0, 0.05) is 12.6 Å². The van der Waals surface area contributed by atoms with Crippen molar-refractivity contribution in [3.05, 3.63) is 0 Å². The fourth-order valence-corrected chi connectivity index (χ4v) is 2.54. The van der Waals surface area contributed by atoms with Gasteiger partial charge in [-0.15, -0.1) is 0 Å². The van der Waals surface area contributed by atoms with Crippen LogP contribution < -0.4 is 5.73 Å². The van der Waals surface area contributed by atoms with Gasteiger partial charge in [0.1, 0.15) is 11.7 Å². The molecule has 0 radical (unpaired) electrons. The van der Waals surface area contributed by atoms with Crippen molar-refractivity contribution in [3.63, 3.8) is 0 Å². The van der Waals surface area contributed by atoms with Crippen LogP contribution in [0.3, 0.4) is 0 Å². The van der Waals surface area contributed by atoms with Gasteiger partial charge in [-0.3, -0.25) is 0 Å². The molecule has 1 aliphatic heterocycles. The third-order valence-electron chi connectivity index (χ3n) is 3.34. The molecule has 1 heterocycles. The molecule has 2 rings (SSSR count). The number of amides is 1. The summed E-state index contributed by atoms with van der Waals surface area (Å²) in [5, 5.41) is 9.90. The number of aliphatic hydroxyl groups excluding tert-OH is 1. The SMILES string of the molecule is CC(C)(C)OC(=O)N1CCO[C@@H]2[C@@H](O)[C@H](N)C[C@@H]21. The lowest BCUT2D eigenvalue weighted by molar-refractivity contribution is -0.0964. The normalized spacial score (nSPS) is 36.4. The van der Waals surface area contributed by atoms with Crippen LogP contribution >= 0.6 is 0 Å². The Morgan fingerprint density at radius 2 is 2.17 bits per heavy atom. The first-order valence-corrected chi connectivity index (χ1v) is 6.34. The second-order valence-corrected chi connectivity index (χ2v) is 5.97. The molecule has 6 nitrogen and oxygen atoms in total. The Morgan fingerprint density at radius 3 is 2.78 bits per heavy atom. The number of morpholine rings is 1. The van der Waals surface area contributed by atoms with Crippen LogP contribution in [0, 0.1) is 0 Å². The number of carbonyl (C=O) groups is 1. The molecular formula is C12H22N2O4. The molecule has 18 heavy (non-hydrogen) atoms. The summed E-state index contributed by atoms with van der Waals surface area (Å²) in [7, 11) is 0. The Kier molecular flexibility index (Phi) is 3.53. The highest BCUT2D eigenvalue weighted by Crippen LogP contribution is 2.30. The van der Waals surface area contributed by atoms with Gasteiger partial charge in [0.15, 0.2) is 0 Å². The number of aliphatic hydroxyl groups is 1. The molecule has 0 spiro atoms. The quantitative estimate of drug-likeness (QED) is 0.643. The van der Waals surface area contributed by atoms with Gasteiger partial charge >= 0.3 is 6.09 Å². The number of hydrogen-bond donors (Lipinski definition) is 2. The van der Waals surface area contributed by atoms with Crippen LogP contribution in [0.1, 0.15) is 27.2 Å². The van der Waals surface area contributed by atoms with Gasteiger partial charge in [-0.2, -0.15) is 0 Å². The molecule has 1 amide bonds. The fraction of sp³-hybridized carbons (Fsp3) is 0.917. The molecule has 0 aromatic heterocycles. The molecule has 0 aromatic carbocycles. The average molecular weight is 258 g/mol. The maximum atomic E-state index is 12.1. The molecule has 4 atom stereocenters. The molecule has 3 N–H and O–H groups in total. The van der Waals surface area contributed by atoms with E-state index in [9.17, 15) is 9.90 Å². The minimum Gasteiger partial charge on any atom is -0.444 e. The molecule has 1 aliphatic carbocycles. The van der Waals surface area contributed by atoms with Gasteiger partial charge in [-0.25, -0.2) is 4.79 Å². The summed E-state index contributed by atoms with van der Waals surface area (Å²) >= 11 is 0. The first-order chi connectivity index (χ1) is 8.29. The highest BCUT2D eigenvalue weighted by Gasteiger charge is 2.48. The van der Waals surface area contributed by atoms with Crippen LogP contribution in [0.15, 0.2) is 0 Å². The molecule has 1 saturated carbocycles. The first-order valence-electron chi connectivity index (χ1n) is 6.34. The average Bonchev–Trinajstić information content (AvgIpc) is 2.52. The van der Waals surface area contributed by atoms with E-state index in [-0.39, 0.29) is 24.3 Å². The number of nitrogens with two attached hydrogens (primary N) is 1. The van der Waals surface area contributed by atoms with Crippen LogP contribution in [-0.4, -0.2) is 59.1 Å². The van der Waals surface area contributed by atoms with Crippen molar-refractivity contribution >= 4 is 6.09 Å². The molecule has 2 fully saturated rings. The van der Waals surface area contributed by atoms with Gasteiger partial charge in [-0.1, -0.05) is 0 Å². The van der Waals surface area contributed by atoms with E-state index >= 15 is 0 Å². The van der Waals surface area contributed by atoms with E-state index in [0.717, 1.165) is 0 Å². The second kappa shape index (κ2) is 4.68. The third-order valence-corrected chi connectivity index (χ3v) is 3.34. The van der Waals surface area contributed by atoms with Crippen molar-refractivity contribution in [2.24, 2.45) is 5.73 Å². The maximum Gasteiger partial charge on any atom is 0.410 e. The lowest BCUT2D eigenvalue weighted by Gasteiger charge is -2.38. The molecule has 0 aromatic rings. The Hall–Kier alpha value is -0.850. The largest absolute Gasteiger partial charge is 0.444 e. The lowest BCUT2D eigenvalue weighted by atomic mass is 10.1. The predicted molar refractivity (Wildman–Crippen MR) is 65.1 cm³/mol. The number of nitrogens with zero attached hydrogens (tertiary/aromatic N) is 1. The highest BCUT2D eigenvalue weighted by molar-refractivity contribution is 5.69. The predicted octanol–water partition coefficient (Wildman–Crippen LogP) is 0.0828. The van der Waals surface area contributed by atoms with Crippen molar-refractivity contribution in [3.8, 4) is 0 Å². The molecule has 104 valence electrons. The van der Waals surface area contributed by atoms with Crippen LogP contribution in [-0.2, 0) is 9.47 Å². The van der Waals surface area contributed by atoms with Crippen LogP contribution in [0.4, 0.5) is 4.79 Å². The van der Waals surface area contributed by atoms with Crippen molar-refractivity contribution in [1.82, 2.24) is 4.90 Å². The van der Waals surface area contributed by atoms with E-state index in [1.54, 1.807) is 4.90 Å². The van der Waals surface area contributed by atoms with E-state index in [0.29, 0.717) is 19.6 Å². The van der Waals surface area contributed by atoms with Gasteiger partial charge in [-0.05, 0) is 27.2 Å². The summed E-state index contributed by atoms with van der Waals surface area (Å²) in [6, 6.07) is -0.526. The Morgan fingerprint density at radius 1 is 1.50 bits per heavy atom.